The van der Waals surface area contributed by atoms with Crippen LogP contribution in [-0.2, 0) is 0 Å². The molecule has 0 saturated heterocycles. The smallest absolute Gasteiger partial charge is 0.280 e. The maximum absolute atomic E-state index is 12.9. The summed E-state index contributed by atoms with van der Waals surface area (Å²) >= 11 is 12.0. The van der Waals surface area contributed by atoms with Gasteiger partial charge in [0.15, 0.2) is 0 Å². The van der Waals surface area contributed by atoms with Crippen LogP contribution >= 0.6 is 23.2 Å². The number of halogens is 2. The van der Waals surface area contributed by atoms with Crippen molar-refractivity contribution in [2.24, 2.45) is 4.99 Å². The van der Waals surface area contributed by atoms with Gasteiger partial charge in [-0.2, -0.15) is 0 Å². The highest BCUT2D eigenvalue weighted by Crippen LogP contribution is 2.27. The van der Waals surface area contributed by atoms with Crippen molar-refractivity contribution in [2.45, 2.75) is 13.8 Å². The average Bonchev–Trinajstić information content (AvgIpc) is 2.92. The average molecular weight is 390 g/mol. The van der Waals surface area contributed by atoms with Crippen molar-refractivity contribution >= 4 is 34.6 Å². The van der Waals surface area contributed by atoms with Crippen LogP contribution in [0.15, 0.2) is 52.3 Å². The summed E-state index contributed by atoms with van der Waals surface area (Å²) in [5.41, 5.74) is 3.02. The van der Waals surface area contributed by atoms with E-state index in [1.165, 1.54) is 4.68 Å². The van der Waals surface area contributed by atoms with E-state index in [1.54, 1.807) is 44.4 Å². The Hall–Kier alpha value is -2.50. The lowest BCUT2D eigenvalue weighted by atomic mass is 10.1. The number of aryl methyl sites for hydroxylation is 1. The van der Waals surface area contributed by atoms with Crippen molar-refractivity contribution in [3.63, 3.8) is 0 Å². The molecule has 0 aliphatic rings. The first kappa shape index (κ1) is 18.3. The van der Waals surface area contributed by atoms with Gasteiger partial charge in [-0.25, -0.2) is 4.68 Å². The highest BCUT2D eigenvalue weighted by atomic mass is 35.5. The molecule has 1 N–H and O–H groups in total. The quantitative estimate of drug-likeness (QED) is 0.642. The molecule has 0 radical (unpaired) electrons. The number of ether oxygens (including phenoxy) is 1. The molecule has 1 aromatic heterocycles. The van der Waals surface area contributed by atoms with Gasteiger partial charge in [0, 0.05) is 5.69 Å². The van der Waals surface area contributed by atoms with E-state index in [4.69, 9.17) is 27.9 Å². The standard InChI is InChI=1S/C19H17Cl2N3O2/c1-11(22-13-4-9-16(20)17(21)10-13)18-12(2)23-24(19(18)25)14-5-7-15(26-3)8-6-14/h4-10,23H,1-3H3. The minimum Gasteiger partial charge on any atom is -0.497 e. The van der Waals surface area contributed by atoms with Crippen molar-refractivity contribution in [1.29, 1.82) is 0 Å². The van der Waals surface area contributed by atoms with Crippen molar-refractivity contribution in [1.82, 2.24) is 9.78 Å². The largest absolute Gasteiger partial charge is 0.497 e. The van der Waals surface area contributed by atoms with Gasteiger partial charge in [0.2, 0.25) is 0 Å². The molecule has 5 nitrogen and oxygen atoms in total. The second-order valence-corrected chi connectivity index (χ2v) is 6.56. The fraction of sp³-hybridized carbons (Fsp3) is 0.158. The van der Waals surface area contributed by atoms with Crippen molar-refractivity contribution in [2.75, 3.05) is 7.11 Å². The van der Waals surface area contributed by atoms with E-state index in [0.717, 1.165) is 11.4 Å². The normalized spacial score (nSPS) is 11.7. The molecule has 0 amide bonds. The minimum atomic E-state index is -0.172. The van der Waals surface area contributed by atoms with Gasteiger partial charge >= 0.3 is 0 Å². The molecule has 134 valence electrons. The molecule has 0 aliphatic carbocycles. The number of benzene rings is 2. The fourth-order valence-corrected chi connectivity index (χ4v) is 2.98. The SMILES string of the molecule is COc1ccc(-n2[nH]c(C)c(C(C)=Nc3ccc(Cl)c(Cl)c3)c2=O)cc1. The molecule has 0 bridgehead atoms. The third kappa shape index (κ3) is 3.54. The van der Waals surface area contributed by atoms with Crippen molar-refractivity contribution in [3.05, 3.63) is 74.1 Å². The zero-order chi connectivity index (χ0) is 18.8. The van der Waals surface area contributed by atoms with E-state index in [0.29, 0.717) is 32.7 Å². The van der Waals surface area contributed by atoms with Crippen LogP contribution in [-0.4, -0.2) is 22.6 Å². The first-order chi connectivity index (χ1) is 12.4. The summed E-state index contributed by atoms with van der Waals surface area (Å²) < 4.78 is 6.63. The van der Waals surface area contributed by atoms with E-state index >= 15 is 0 Å². The molecular weight excluding hydrogens is 373 g/mol. The fourth-order valence-electron chi connectivity index (χ4n) is 2.69. The molecular formula is C19H17Cl2N3O2. The van der Waals surface area contributed by atoms with Crippen LogP contribution in [0.2, 0.25) is 10.0 Å². The number of aromatic amines is 1. The lowest BCUT2D eigenvalue weighted by molar-refractivity contribution is 0.414. The maximum atomic E-state index is 12.9. The van der Waals surface area contributed by atoms with Crippen LogP contribution < -0.4 is 10.3 Å². The number of methoxy groups -OCH3 is 1. The van der Waals surface area contributed by atoms with Gasteiger partial charge in [-0.15, -0.1) is 0 Å². The number of hydrogen-bond acceptors (Lipinski definition) is 3. The first-order valence-corrected chi connectivity index (χ1v) is 8.63. The van der Waals surface area contributed by atoms with Gasteiger partial charge in [0.25, 0.3) is 5.56 Å². The Labute approximate surface area is 160 Å². The second-order valence-electron chi connectivity index (χ2n) is 5.75. The number of rotatable bonds is 4. The summed E-state index contributed by atoms with van der Waals surface area (Å²) in [5.74, 6) is 0.725. The van der Waals surface area contributed by atoms with Crippen LogP contribution in [0, 0.1) is 6.92 Å². The Bertz CT molecular complexity index is 1030. The van der Waals surface area contributed by atoms with E-state index in [2.05, 4.69) is 10.1 Å². The number of aliphatic imine (C=N–C) groups is 1. The van der Waals surface area contributed by atoms with Crippen LogP contribution in [0.1, 0.15) is 18.2 Å². The Kier molecular flexibility index (Phi) is 5.20. The number of hydrogen-bond donors (Lipinski definition) is 1. The van der Waals surface area contributed by atoms with Gasteiger partial charge in [-0.1, -0.05) is 23.2 Å². The van der Waals surface area contributed by atoms with Crippen molar-refractivity contribution in [3.8, 4) is 11.4 Å². The van der Waals surface area contributed by atoms with Gasteiger partial charge in [-0.3, -0.25) is 14.9 Å². The van der Waals surface area contributed by atoms with E-state index in [9.17, 15) is 4.79 Å². The van der Waals surface area contributed by atoms with Gasteiger partial charge in [0.05, 0.1) is 39.8 Å². The maximum Gasteiger partial charge on any atom is 0.280 e. The Morgan fingerprint density at radius 1 is 1.12 bits per heavy atom. The Balaban J connectivity index is 2.02. The summed E-state index contributed by atoms with van der Waals surface area (Å²) in [7, 11) is 1.60. The highest BCUT2D eigenvalue weighted by Gasteiger charge is 2.15. The summed E-state index contributed by atoms with van der Waals surface area (Å²) in [5, 5.41) is 3.97. The summed E-state index contributed by atoms with van der Waals surface area (Å²) in [6, 6.07) is 12.3. The summed E-state index contributed by atoms with van der Waals surface area (Å²) in [6.07, 6.45) is 0. The Morgan fingerprint density at radius 2 is 1.81 bits per heavy atom. The first-order valence-electron chi connectivity index (χ1n) is 7.87. The molecule has 0 atom stereocenters. The monoisotopic (exact) mass is 389 g/mol. The molecule has 0 spiro atoms. The van der Waals surface area contributed by atoms with E-state index < -0.39 is 0 Å². The van der Waals surface area contributed by atoms with Crippen LogP contribution in [0.25, 0.3) is 5.69 Å². The topological polar surface area (TPSA) is 59.4 Å². The highest BCUT2D eigenvalue weighted by molar-refractivity contribution is 6.42. The molecule has 3 aromatic rings. The number of aromatic nitrogens is 2. The molecule has 2 aromatic carbocycles. The van der Waals surface area contributed by atoms with Gasteiger partial charge in [0.1, 0.15) is 5.75 Å². The van der Waals surface area contributed by atoms with Crippen LogP contribution in [0.3, 0.4) is 0 Å². The molecule has 0 aliphatic heterocycles. The summed E-state index contributed by atoms with van der Waals surface area (Å²) in [4.78, 5) is 17.4. The van der Waals surface area contributed by atoms with E-state index in [-0.39, 0.29) is 5.56 Å². The molecule has 1 heterocycles. The van der Waals surface area contributed by atoms with Crippen molar-refractivity contribution < 1.29 is 4.74 Å². The molecule has 0 fully saturated rings. The minimum absolute atomic E-state index is 0.172. The molecule has 7 heteroatoms. The van der Waals surface area contributed by atoms with E-state index in [1.807, 2.05) is 19.1 Å². The van der Waals surface area contributed by atoms with Gasteiger partial charge in [-0.05, 0) is 56.3 Å². The second kappa shape index (κ2) is 7.40. The third-order valence-corrected chi connectivity index (χ3v) is 4.70. The zero-order valence-electron chi connectivity index (χ0n) is 14.5. The number of nitrogens with one attached hydrogen (secondary N) is 1. The van der Waals surface area contributed by atoms with Crippen LogP contribution in [0.4, 0.5) is 5.69 Å². The summed E-state index contributed by atoms with van der Waals surface area (Å²) in [6.45, 7) is 3.63. The predicted molar refractivity (Wildman–Crippen MR) is 106 cm³/mol. The predicted octanol–water partition coefficient (Wildman–Crippen LogP) is 4.93. The number of nitrogens with zero attached hydrogens (tertiary/aromatic N) is 2. The molecule has 3 rings (SSSR count). The van der Waals surface area contributed by atoms with Crippen LogP contribution in [0.5, 0.6) is 5.75 Å². The molecule has 0 unspecified atom stereocenters. The Morgan fingerprint density at radius 3 is 2.42 bits per heavy atom. The van der Waals surface area contributed by atoms with Gasteiger partial charge < -0.3 is 4.74 Å². The third-order valence-electron chi connectivity index (χ3n) is 3.96. The zero-order valence-corrected chi connectivity index (χ0v) is 16.0. The molecule has 26 heavy (non-hydrogen) atoms. The number of H-pyrrole nitrogens is 1. The lowest BCUT2D eigenvalue weighted by Crippen LogP contribution is -2.19. The molecule has 0 saturated carbocycles. The lowest BCUT2D eigenvalue weighted by Gasteiger charge is -2.03.